The molecule has 0 aliphatic heterocycles. The van der Waals surface area contributed by atoms with E-state index in [1.54, 1.807) is 11.3 Å². The average Bonchev–Trinajstić information content (AvgIpc) is 2.74. The molecule has 0 saturated carbocycles. The predicted molar refractivity (Wildman–Crippen MR) is 73.3 cm³/mol. The number of thiazole rings is 1. The van der Waals surface area contributed by atoms with Gasteiger partial charge in [0.2, 0.25) is 0 Å². The van der Waals surface area contributed by atoms with E-state index in [2.05, 4.69) is 31.1 Å². The summed E-state index contributed by atoms with van der Waals surface area (Å²) >= 11 is 1.76. The maximum atomic E-state index is 5.76. The highest BCUT2D eigenvalue weighted by atomic mass is 32.1. The minimum Gasteiger partial charge on any atom is -0.371 e. The number of ether oxygens (including phenoxy) is 1. The van der Waals surface area contributed by atoms with Gasteiger partial charge in [0.25, 0.3) is 0 Å². The van der Waals surface area contributed by atoms with Crippen molar-refractivity contribution in [1.29, 1.82) is 0 Å². The van der Waals surface area contributed by atoms with E-state index in [4.69, 9.17) is 4.74 Å². The summed E-state index contributed by atoms with van der Waals surface area (Å²) in [6, 6.07) is 0. The first-order valence-corrected chi connectivity index (χ1v) is 7.27. The van der Waals surface area contributed by atoms with E-state index < -0.39 is 0 Å². The highest BCUT2D eigenvalue weighted by molar-refractivity contribution is 7.11. The van der Waals surface area contributed by atoms with Gasteiger partial charge in [-0.2, -0.15) is 0 Å². The second kappa shape index (κ2) is 7.80. The van der Waals surface area contributed by atoms with Crippen molar-refractivity contribution in [2.75, 3.05) is 13.2 Å². The summed E-state index contributed by atoms with van der Waals surface area (Å²) < 4.78 is 5.76. The minimum atomic E-state index is 0.143. The van der Waals surface area contributed by atoms with Crippen molar-refractivity contribution in [2.45, 2.75) is 46.8 Å². The van der Waals surface area contributed by atoms with Gasteiger partial charge in [-0.3, -0.25) is 0 Å². The van der Waals surface area contributed by atoms with Crippen LogP contribution in [0.15, 0.2) is 6.20 Å². The Morgan fingerprint density at radius 2 is 2.18 bits per heavy atom. The van der Waals surface area contributed by atoms with Gasteiger partial charge in [-0.25, -0.2) is 4.98 Å². The zero-order valence-corrected chi connectivity index (χ0v) is 12.1. The summed E-state index contributed by atoms with van der Waals surface area (Å²) in [4.78, 5) is 5.78. The van der Waals surface area contributed by atoms with Crippen molar-refractivity contribution in [2.24, 2.45) is 5.92 Å². The van der Waals surface area contributed by atoms with Gasteiger partial charge >= 0.3 is 0 Å². The quantitative estimate of drug-likeness (QED) is 0.724. The molecule has 4 heteroatoms. The molecule has 17 heavy (non-hydrogen) atoms. The molecule has 0 aromatic carbocycles. The molecule has 98 valence electrons. The second-order valence-electron chi connectivity index (χ2n) is 4.46. The number of hydrogen-bond acceptors (Lipinski definition) is 4. The third kappa shape index (κ3) is 4.74. The fourth-order valence-corrected chi connectivity index (χ4v) is 2.76. The molecule has 1 aromatic rings. The molecule has 1 heterocycles. The third-order valence-electron chi connectivity index (χ3n) is 2.49. The SMILES string of the molecule is CCCNCc1cnc(C(OCC)C(C)C)s1. The third-order valence-corrected chi connectivity index (χ3v) is 3.55. The second-order valence-corrected chi connectivity index (χ2v) is 5.61. The summed E-state index contributed by atoms with van der Waals surface area (Å²) in [6.07, 6.45) is 3.28. The standard InChI is InChI=1S/C13H24N2OS/c1-5-7-14-8-11-9-15-13(17-11)12(10(3)4)16-6-2/h9-10,12,14H,5-8H2,1-4H3. The molecule has 0 aliphatic carbocycles. The summed E-state index contributed by atoms with van der Waals surface area (Å²) in [5, 5.41) is 4.50. The van der Waals surface area contributed by atoms with Crippen molar-refractivity contribution >= 4 is 11.3 Å². The molecule has 1 unspecified atom stereocenters. The van der Waals surface area contributed by atoms with Crippen molar-refractivity contribution in [3.05, 3.63) is 16.1 Å². The summed E-state index contributed by atoms with van der Waals surface area (Å²) in [6.45, 7) is 11.3. The zero-order valence-electron chi connectivity index (χ0n) is 11.3. The van der Waals surface area contributed by atoms with E-state index in [0.717, 1.165) is 24.7 Å². The van der Waals surface area contributed by atoms with Crippen LogP contribution < -0.4 is 5.32 Å². The molecular weight excluding hydrogens is 232 g/mol. The fourth-order valence-electron chi connectivity index (χ4n) is 1.65. The van der Waals surface area contributed by atoms with Crippen molar-refractivity contribution < 1.29 is 4.74 Å². The van der Waals surface area contributed by atoms with Gasteiger partial charge < -0.3 is 10.1 Å². The van der Waals surface area contributed by atoms with Gasteiger partial charge in [-0.15, -0.1) is 11.3 Å². The Hall–Kier alpha value is -0.450. The molecule has 0 radical (unpaired) electrons. The van der Waals surface area contributed by atoms with E-state index in [1.165, 1.54) is 11.3 Å². The number of nitrogens with zero attached hydrogens (tertiary/aromatic N) is 1. The van der Waals surface area contributed by atoms with Gasteiger partial charge in [-0.1, -0.05) is 20.8 Å². The number of aromatic nitrogens is 1. The Kier molecular flexibility index (Phi) is 6.70. The molecule has 0 saturated heterocycles. The van der Waals surface area contributed by atoms with Crippen molar-refractivity contribution in [1.82, 2.24) is 10.3 Å². The lowest BCUT2D eigenvalue weighted by molar-refractivity contribution is 0.0293. The first-order valence-electron chi connectivity index (χ1n) is 6.45. The lowest BCUT2D eigenvalue weighted by Gasteiger charge is -2.17. The predicted octanol–water partition coefficient (Wildman–Crippen LogP) is 3.38. The molecule has 0 aliphatic rings. The summed E-state index contributed by atoms with van der Waals surface area (Å²) in [5.74, 6) is 0.470. The van der Waals surface area contributed by atoms with Gasteiger partial charge in [0.15, 0.2) is 0 Å². The monoisotopic (exact) mass is 256 g/mol. The Balaban J connectivity index is 2.58. The largest absolute Gasteiger partial charge is 0.371 e. The van der Waals surface area contributed by atoms with Gasteiger partial charge in [0.1, 0.15) is 11.1 Å². The smallest absolute Gasteiger partial charge is 0.122 e. The minimum absolute atomic E-state index is 0.143. The summed E-state index contributed by atoms with van der Waals surface area (Å²) in [7, 11) is 0. The molecule has 1 aromatic heterocycles. The zero-order chi connectivity index (χ0) is 12.7. The van der Waals surface area contributed by atoms with Gasteiger partial charge in [0, 0.05) is 24.2 Å². The van der Waals surface area contributed by atoms with E-state index in [0.29, 0.717) is 5.92 Å². The Bertz CT molecular complexity index is 312. The normalized spacial score (nSPS) is 13.2. The maximum Gasteiger partial charge on any atom is 0.122 e. The molecule has 1 atom stereocenters. The van der Waals surface area contributed by atoms with Crippen LogP contribution in [-0.4, -0.2) is 18.1 Å². The topological polar surface area (TPSA) is 34.2 Å². The van der Waals surface area contributed by atoms with Crippen LogP contribution in [0.5, 0.6) is 0 Å². The van der Waals surface area contributed by atoms with Crippen LogP contribution in [0.4, 0.5) is 0 Å². The van der Waals surface area contributed by atoms with Crippen LogP contribution in [0.2, 0.25) is 0 Å². The molecule has 3 nitrogen and oxygen atoms in total. The molecule has 0 bridgehead atoms. The Labute approximate surface area is 109 Å². The maximum absolute atomic E-state index is 5.76. The van der Waals surface area contributed by atoms with Crippen molar-refractivity contribution in [3.63, 3.8) is 0 Å². The molecule has 1 rings (SSSR count). The number of hydrogen-bond donors (Lipinski definition) is 1. The van der Waals surface area contributed by atoms with Crippen LogP contribution in [0.3, 0.4) is 0 Å². The highest BCUT2D eigenvalue weighted by Crippen LogP contribution is 2.29. The van der Waals surface area contributed by atoms with Crippen LogP contribution >= 0.6 is 11.3 Å². The number of nitrogens with one attached hydrogen (secondary N) is 1. The van der Waals surface area contributed by atoms with E-state index in [9.17, 15) is 0 Å². The Morgan fingerprint density at radius 3 is 2.76 bits per heavy atom. The average molecular weight is 256 g/mol. The molecule has 0 spiro atoms. The first kappa shape index (κ1) is 14.6. The Morgan fingerprint density at radius 1 is 1.41 bits per heavy atom. The van der Waals surface area contributed by atoms with E-state index in [1.807, 2.05) is 13.1 Å². The van der Waals surface area contributed by atoms with Gasteiger partial charge in [0.05, 0.1) is 0 Å². The fraction of sp³-hybridized carbons (Fsp3) is 0.769. The van der Waals surface area contributed by atoms with Crippen LogP contribution in [-0.2, 0) is 11.3 Å². The van der Waals surface area contributed by atoms with E-state index >= 15 is 0 Å². The van der Waals surface area contributed by atoms with E-state index in [-0.39, 0.29) is 6.10 Å². The lowest BCUT2D eigenvalue weighted by atomic mass is 10.1. The number of rotatable bonds is 8. The van der Waals surface area contributed by atoms with Crippen molar-refractivity contribution in [3.8, 4) is 0 Å². The molecule has 0 amide bonds. The molecular formula is C13H24N2OS. The van der Waals surface area contributed by atoms with Crippen LogP contribution in [0.1, 0.15) is 50.1 Å². The first-order chi connectivity index (χ1) is 8.19. The van der Waals surface area contributed by atoms with Crippen LogP contribution in [0.25, 0.3) is 0 Å². The molecule has 0 fully saturated rings. The highest BCUT2D eigenvalue weighted by Gasteiger charge is 2.19. The summed E-state index contributed by atoms with van der Waals surface area (Å²) in [5.41, 5.74) is 0. The van der Waals surface area contributed by atoms with Crippen LogP contribution in [0, 0.1) is 5.92 Å². The lowest BCUT2D eigenvalue weighted by Crippen LogP contribution is -2.12. The molecule has 1 N–H and O–H groups in total. The van der Waals surface area contributed by atoms with Gasteiger partial charge in [-0.05, 0) is 25.8 Å².